The van der Waals surface area contributed by atoms with Gasteiger partial charge in [0.25, 0.3) is 21.6 Å². The Bertz CT molecular complexity index is 2670. The van der Waals surface area contributed by atoms with Crippen molar-refractivity contribution in [2.24, 2.45) is 11.3 Å². The summed E-state index contributed by atoms with van der Waals surface area (Å²) >= 11 is 6.23. The molecule has 3 aliphatic rings. The average molecular weight is 850 g/mol. The number of rotatable bonds is 11. The molecule has 0 unspecified atom stereocenters. The Labute approximate surface area is 353 Å². The molecule has 3 aromatic carbocycles. The first-order valence-corrected chi connectivity index (χ1v) is 21.7. The predicted molar refractivity (Wildman–Crippen MR) is 228 cm³/mol. The number of hydrogen-bond acceptors (Lipinski definition) is 11. The fourth-order valence-electron chi connectivity index (χ4n) is 8.29. The fraction of sp³-hybridized carbons (Fsp3) is 0.341. The van der Waals surface area contributed by atoms with Gasteiger partial charge in [0.15, 0.2) is 0 Å². The number of benzene rings is 3. The second kappa shape index (κ2) is 16.6. The van der Waals surface area contributed by atoms with Crippen LogP contribution in [0.15, 0.2) is 89.6 Å². The van der Waals surface area contributed by atoms with Gasteiger partial charge in [0, 0.05) is 85.6 Å². The van der Waals surface area contributed by atoms with Crippen LogP contribution < -0.4 is 19.1 Å². The minimum Gasteiger partial charge on any atom is -0.493 e. The van der Waals surface area contributed by atoms with Crippen LogP contribution in [0.25, 0.3) is 16.6 Å². The SMILES string of the molecule is CC1(C)CCC(CN2CCN(c3ccc(C(=O)NS(=O)(=O)c4cc5c(c([N+](=O)[O-])c4)C[C@@H](CC#N)CO5)c(Oc4cnc5[nH]ccc5c4)c3)CC2)=C(c2ccc(Cl)cc2)C1. The highest BCUT2D eigenvalue weighted by atomic mass is 35.5. The van der Waals surface area contributed by atoms with Crippen molar-refractivity contribution in [2.75, 3.05) is 44.2 Å². The Morgan fingerprint density at radius 1 is 1.12 bits per heavy atom. The minimum atomic E-state index is -4.65. The van der Waals surface area contributed by atoms with Crippen molar-refractivity contribution < 1.29 is 27.6 Å². The first-order chi connectivity index (χ1) is 28.7. The van der Waals surface area contributed by atoms with Crippen molar-refractivity contribution in [3.05, 3.63) is 117 Å². The van der Waals surface area contributed by atoms with Crippen molar-refractivity contribution in [2.45, 2.75) is 50.8 Å². The largest absolute Gasteiger partial charge is 0.493 e. The van der Waals surface area contributed by atoms with Crippen LogP contribution in [0, 0.1) is 32.8 Å². The number of anilines is 1. The van der Waals surface area contributed by atoms with Gasteiger partial charge in [-0.15, -0.1) is 0 Å². The smallest absolute Gasteiger partial charge is 0.277 e. The third-order valence-corrected chi connectivity index (χ3v) is 13.1. The summed E-state index contributed by atoms with van der Waals surface area (Å²) in [7, 11) is -4.65. The Hall–Kier alpha value is -5.95. The molecular formula is C44H44ClN7O7S. The number of fused-ring (bicyclic) bond motifs is 2. The number of sulfonamides is 1. The summed E-state index contributed by atoms with van der Waals surface area (Å²) in [5.41, 5.74) is 5.40. The number of nitriles is 1. The summed E-state index contributed by atoms with van der Waals surface area (Å²) in [5.74, 6) is -0.812. The molecule has 1 aliphatic carbocycles. The van der Waals surface area contributed by atoms with Gasteiger partial charge >= 0.3 is 0 Å². The number of amides is 1. The molecule has 2 N–H and O–H groups in total. The normalized spacial score (nSPS) is 18.0. The van der Waals surface area contributed by atoms with Crippen molar-refractivity contribution in [3.63, 3.8) is 0 Å². The van der Waals surface area contributed by atoms with E-state index in [0.29, 0.717) is 24.5 Å². The number of nitrogens with one attached hydrogen (secondary N) is 2. The number of piperazine rings is 1. The van der Waals surface area contributed by atoms with E-state index in [-0.39, 0.29) is 53.4 Å². The quantitative estimate of drug-likeness (QED) is 0.0963. The van der Waals surface area contributed by atoms with Crippen LogP contribution in [0.4, 0.5) is 11.4 Å². The van der Waals surface area contributed by atoms with E-state index < -0.39 is 31.4 Å². The van der Waals surface area contributed by atoms with E-state index in [1.165, 1.54) is 35.0 Å². The molecule has 1 fully saturated rings. The number of ether oxygens (including phenoxy) is 2. The fourth-order valence-corrected chi connectivity index (χ4v) is 9.42. The number of nitro benzene ring substituents is 1. The summed E-state index contributed by atoms with van der Waals surface area (Å²) < 4.78 is 41.5. The highest BCUT2D eigenvalue weighted by Gasteiger charge is 2.33. The van der Waals surface area contributed by atoms with E-state index in [2.05, 4.69) is 50.5 Å². The van der Waals surface area contributed by atoms with Gasteiger partial charge in [-0.3, -0.25) is 19.8 Å². The predicted octanol–water partition coefficient (Wildman–Crippen LogP) is 8.29. The second-order valence-corrected chi connectivity index (χ2v) is 18.5. The number of nitrogens with zero attached hydrogens (tertiary/aromatic N) is 5. The number of halogens is 1. The number of allylic oxidation sites excluding steroid dienone is 1. The van der Waals surface area contributed by atoms with Crippen LogP contribution in [-0.2, 0) is 16.4 Å². The summed E-state index contributed by atoms with van der Waals surface area (Å²) in [6.45, 7) is 8.66. The van der Waals surface area contributed by atoms with E-state index in [1.54, 1.807) is 24.4 Å². The summed E-state index contributed by atoms with van der Waals surface area (Å²) in [6, 6.07) is 20.9. The van der Waals surface area contributed by atoms with E-state index >= 15 is 0 Å². The molecule has 0 saturated carbocycles. The maximum absolute atomic E-state index is 13.9. The topological polar surface area (TPSA) is 184 Å². The minimum absolute atomic E-state index is 0.0220. The number of aromatic nitrogens is 2. The Morgan fingerprint density at radius 3 is 2.65 bits per heavy atom. The van der Waals surface area contributed by atoms with Crippen molar-refractivity contribution in [3.8, 4) is 23.3 Å². The highest BCUT2D eigenvalue weighted by molar-refractivity contribution is 7.90. The summed E-state index contributed by atoms with van der Waals surface area (Å²) in [6.07, 6.45) is 6.74. The van der Waals surface area contributed by atoms with Gasteiger partial charge in [-0.25, -0.2) is 18.1 Å². The Balaban J connectivity index is 1.03. The molecule has 1 saturated heterocycles. The van der Waals surface area contributed by atoms with Gasteiger partial charge in [0.05, 0.1) is 39.8 Å². The summed E-state index contributed by atoms with van der Waals surface area (Å²) in [5, 5.41) is 22.7. The number of aromatic amines is 1. The molecule has 0 spiro atoms. The molecule has 8 rings (SSSR count). The number of H-pyrrole nitrogens is 1. The zero-order chi connectivity index (χ0) is 42.2. The van der Waals surface area contributed by atoms with Crippen LogP contribution in [0.2, 0.25) is 5.02 Å². The lowest BCUT2D eigenvalue weighted by Gasteiger charge is -2.39. The number of nitro groups is 1. The molecular weight excluding hydrogens is 806 g/mol. The molecule has 2 aromatic heterocycles. The molecule has 310 valence electrons. The number of hydrogen-bond donors (Lipinski definition) is 2. The molecule has 5 aromatic rings. The molecule has 2 aliphatic heterocycles. The first-order valence-electron chi connectivity index (χ1n) is 19.8. The van der Waals surface area contributed by atoms with E-state index in [9.17, 15) is 23.3 Å². The standard InChI is InChI=1S/C44H44ClN7O7S/c1-44(2)12-9-31(38(24-44)29-3-5-32(45)6-4-29)26-50-15-17-51(18-16-50)33-7-8-36(41(21-33)59-34-20-30-11-14-47-42(30)48-25-34)43(53)49-60(56,57)35-22-39(52(54)55)37-19-28(10-13-46)27-58-40(37)23-35/h3-8,11,14,20-23,25,28H,9-10,12,15-19,24,26-27H2,1-2H3,(H,47,48)(H,49,53)/t28-/m1/s1. The van der Waals surface area contributed by atoms with Gasteiger partial charge < -0.3 is 19.4 Å². The lowest BCUT2D eigenvalue weighted by atomic mass is 9.72. The Morgan fingerprint density at radius 2 is 1.90 bits per heavy atom. The molecule has 0 bridgehead atoms. The monoisotopic (exact) mass is 849 g/mol. The van der Waals surface area contributed by atoms with Gasteiger partial charge in [-0.1, -0.05) is 43.2 Å². The number of carbonyl (C=O) groups is 1. The van der Waals surface area contributed by atoms with Crippen LogP contribution >= 0.6 is 11.6 Å². The van der Waals surface area contributed by atoms with E-state index in [0.717, 1.165) is 61.1 Å². The van der Waals surface area contributed by atoms with Crippen LogP contribution in [0.1, 0.15) is 61.0 Å². The molecule has 1 amide bonds. The van der Waals surface area contributed by atoms with Crippen molar-refractivity contribution in [1.82, 2.24) is 19.6 Å². The van der Waals surface area contributed by atoms with Crippen LogP contribution in [-0.4, -0.2) is 73.4 Å². The van der Waals surface area contributed by atoms with Gasteiger partial charge in [-0.05, 0) is 78.6 Å². The lowest BCUT2D eigenvalue weighted by Crippen LogP contribution is -2.47. The third-order valence-electron chi connectivity index (χ3n) is 11.6. The maximum Gasteiger partial charge on any atom is 0.277 e. The van der Waals surface area contributed by atoms with Gasteiger partial charge in [0.2, 0.25) is 0 Å². The molecule has 14 nitrogen and oxygen atoms in total. The lowest BCUT2D eigenvalue weighted by molar-refractivity contribution is -0.386. The van der Waals surface area contributed by atoms with Crippen molar-refractivity contribution >= 4 is 55.5 Å². The molecule has 16 heteroatoms. The van der Waals surface area contributed by atoms with Crippen LogP contribution in [0.5, 0.6) is 17.2 Å². The second-order valence-electron chi connectivity index (χ2n) is 16.4. The first kappa shape index (κ1) is 40.8. The zero-order valence-electron chi connectivity index (χ0n) is 33.2. The van der Waals surface area contributed by atoms with E-state index in [4.69, 9.17) is 26.3 Å². The molecule has 1 atom stereocenters. The van der Waals surface area contributed by atoms with Gasteiger partial charge in [0.1, 0.15) is 22.9 Å². The van der Waals surface area contributed by atoms with Crippen molar-refractivity contribution in [1.29, 1.82) is 5.26 Å². The molecule has 4 heterocycles. The average Bonchev–Trinajstić information content (AvgIpc) is 3.70. The number of pyridine rings is 1. The highest BCUT2D eigenvalue weighted by Crippen LogP contribution is 2.44. The zero-order valence-corrected chi connectivity index (χ0v) is 34.8. The number of carbonyl (C=O) groups excluding carboxylic acids is 1. The van der Waals surface area contributed by atoms with E-state index in [1.807, 2.05) is 24.3 Å². The molecule has 0 radical (unpaired) electrons. The third kappa shape index (κ3) is 8.81. The van der Waals surface area contributed by atoms with Gasteiger partial charge in [-0.2, -0.15) is 5.26 Å². The maximum atomic E-state index is 13.9. The Kier molecular flexibility index (Phi) is 11.3. The molecule has 60 heavy (non-hydrogen) atoms. The van der Waals surface area contributed by atoms with Crippen LogP contribution in [0.3, 0.4) is 0 Å². The summed E-state index contributed by atoms with van der Waals surface area (Å²) in [4.78, 5) is 36.9.